The van der Waals surface area contributed by atoms with Crippen molar-refractivity contribution in [2.45, 2.75) is 52.1 Å². The minimum atomic E-state index is -1.32. The molecule has 1 N–H and O–H groups in total. The summed E-state index contributed by atoms with van der Waals surface area (Å²) in [6, 6.07) is 3.84. The van der Waals surface area contributed by atoms with Gasteiger partial charge in [0.2, 0.25) is 0 Å². The second-order valence-electron chi connectivity index (χ2n) is 5.02. The second kappa shape index (κ2) is 8.24. The molecule has 0 amide bonds. The normalized spacial score (nSPS) is 11.9. The SMILES string of the molecule is CCCCCC[C@@H](C)Oc1ccc(C(=O)O)c([N+](=O)[O-])c1. The second-order valence-corrected chi connectivity index (χ2v) is 5.02. The Kier molecular flexibility index (Phi) is 6.65. The average molecular weight is 295 g/mol. The van der Waals surface area contributed by atoms with Gasteiger partial charge in [-0.1, -0.05) is 26.2 Å². The fourth-order valence-corrected chi connectivity index (χ4v) is 2.07. The van der Waals surface area contributed by atoms with E-state index in [9.17, 15) is 14.9 Å². The van der Waals surface area contributed by atoms with E-state index in [0.717, 1.165) is 25.7 Å². The van der Waals surface area contributed by atoms with E-state index in [1.165, 1.54) is 24.6 Å². The molecule has 0 aliphatic rings. The lowest BCUT2D eigenvalue weighted by Gasteiger charge is -2.14. The summed E-state index contributed by atoms with van der Waals surface area (Å²) in [7, 11) is 0. The molecule has 116 valence electrons. The van der Waals surface area contributed by atoms with Crippen molar-refractivity contribution in [3.8, 4) is 5.75 Å². The van der Waals surface area contributed by atoms with Crippen LogP contribution in [-0.4, -0.2) is 22.1 Å². The van der Waals surface area contributed by atoms with Crippen molar-refractivity contribution < 1.29 is 19.6 Å². The predicted molar refractivity (Wildman–Crippen MR) is 78.9 cm³/mol. The molecule has 0 saturated heterocycles. The number of nitro groups is 1. The van der Waals surface area contributed by atoms with Crippen molar-refractivity contribution in [3.05, 3.63) is 33.9 Å². The molecule has 0 radical (unpaired) electrons. The predicted octanol–water partition coefficient (Wildman–Crippen LogP) is 4.03. The largest absolute Gasteiger partial charge is 0.490 e. The topological polar surface area (TPSA) is 89.7 Å². The summed E-state index contributed by atoms with van der Waals surface area (Å²) in [6.07, 6.45) is 5.35. The first-order valence-corrected chi connectivity index (χ1v) is 7.14. The molecule has 0 aromatic heterocycles. The number of ether oxygens (including phenoxy) is 1. The smallest absolute Gasteiger partial charge is 0.342 e. The molecule has 0 aliphatic heterocycles. The Bertz CT molecular complexity index is 501. The fraction of sp³-hybridized carbons (Fsp3) is 0.533. The number of benzene rings is 1. The lowest BCUT2D eigenvalue weighted by molar-refractivity contribution is -0.385. The van der Waals surface area contributed by atoms with E-state index in [4.69, 9.17) is 9.84 Å². The third-order valence-electron chi connectivity index (χ3n) is 3.20. The van der Waals surface area contributed by atoms with Gasteiger partial charge in [0, 0.05) is 0 Å². The van der Waals surface area contributed by atoms with Gasteiger partial charge in [-0.25, -0.2) is 4.79 Å². The summed E-state index contributed by atoms with van der Waals surface area (Å²) in [4.78, 5) is 21.1. The molecule has 0 fully saturated rings. The highest BCUT2D eigenvalue weighted by atomic mass is 16.6. The first kappa shape index (κ1) is 16.9. The van der Waals surface area contributed by atoms with Crippen LogP contribution in [0.5, 0.6) is 5.75 Å². The number of rotatable bonds is 9. The molecule has 1 aromatic carbocycles. The van der Waals surface area contributed by atoms with E-state index < -0.39 is 16.6 Å². The number of carbonyl (C=O) groups is 1. The quantitative estimate of drug-likeness (QED) is 0.422. The minimum absolute atomic E-state index is 0.0582. The van der Waals surface area contributed by atoms with E-state index in [2.05, 4.69) is 6.92 Å². The van der Waals surface area contributed by atoms with E-state index in [0.29, 0.717) is 5.75 Å². The van der Waals surface area contributed by atoms with Crippen molar-refractivity contribution in [2.75, 3.05) is 0 Å². The number of unbranched alkanes of at least 4 members (excludes halogenated alkanes) is 3. The van der Waals surface area contributed by atoms with Crippen molar-refractivity contribution in [3.63, 3.8) is 0 Å². The van der Waals surface area contributed by atoms with Gasteiger partial charge in [-0.2, -0.15) is 0 Å². The number of carboxylic acids is 1. The molecule has 1 rings (SSSR count). The number of carboxylic acid groups (broad SMARTS) is 1. The molecule has 0 aliphatic carbocycles. The highest BCUT2D eigenvalue weighted by Gasteiger charge is 2.21. The van der Waals surface area contributed by atoms with E-state index in [1.54, 1.807) is 0 Å². The molecule has 1 atom stereocenters. The molecule has 6 nitrogen and oxygen atoms in total. The van der Waals surface area contributed by atoms with Gasteiger partial charge in [-0.3, -0.25) is 10.1 Å². The highest BCUT2D eigenvalue weighted by Crippen LogP contribution is 2.26. The third kappa shape index (κ3) is 5.41. The van der Waals surface area contributed by atoms with Crippen LogP contribution in [-0.2, 0) is 0 Å². The summed E-state index contributed by atoms with van der Waals surface area (Å²) in [6.45, 7) is 4.05. The lowest BCUT2D eigenvalue weighted by atomic mass is 10.1. The monoisotopic (exact) mass is 295 g/mol. The van der Waals surface area contributed by atoms with Crippen molar-refractivity contribution in [1.82, 2.24) is 0 Å². The zero-order valence-corrected chi connectivity index (χ0v) is 12.4. The Labute approximate surface area is 123 Å². The van der Waals surface area contributed by atoms with Gasteiger partial charge < -0.3 is 9.84 Å². The molecule has 0 spiro atoms. The first-order valence-electron chi connectivity index (χ1n) is 7.14. The van der Waals surface area contributed by atoms with E-state index in [-0.39, 0.29) is 11.7 Å². The van der Waals surface area contributed by atoms with Gasteiger partial charge in [0.25, 0.3) is 5.69 Å². The van der Waals surface area contributed by atoms with Crippen molar-refractivity contribution >= 4 is 11.7 Å². The minimum Gasteiger partial charge on any atom is -0.490 e. The van der Waals surface area contributed by atoms with Crippen LogP contribution in [0.4, 0.5) is 5.69 Å². The number of hydrogen-bond acceptors (Lipinski definition) is 4. The summed E-state index contributed by atoms with van der Waals surface area (Å²) < 4.78 is 5.62. The zero-order valence-electron chi connectivity index (χ0n) is 12.4. The summed E-state index contributed by atoms with van der Waals surface area (Å²) in [5.74, 6) is -0.990. The molecule has 21 heavy (non-hydrogen) atoms. The van der Waals surface area contributed by atoms with Crippen LogP contribution in [0.15, 0.2) is 18.2 Å². The third-order valence-corrected chi connectivity index (χ3v) is 3.20. The Morgan fingerprint density at radius 3 is 2.67 bits per heavy atom. The van der Waals surface area contributed by atoms with Gasteiger partial charge >= 0.3 is 5.97 Å². The molecule has 0 heterocycles. The Hall–Kier alpha value is -2.11. The van der Waals surface area contributed by atoms with Crippen LogP contribution in [0.2, 0.25) is 0 Å². The summed E-state index contributed by atoms with van der Waals surface area (Å²) in [5, 5.41) is 19.8. The number of aromatic carboxylic acids is 1. The number of nitrogens with zero attached hydrogens (tertiary/aromatic N) is 1. The average Bonchev–Trinajstić information content (AvgIpc) is 2.43. The van der Waals surface area contributed by atoms with Crippen LogP contribution in [0.25, 0.3) is 0 Å². The molecule has 0 unspecified atom stereocenters. The van der Waals surface area contributed by atoms with Gasteiger partial charge in [0.1, 0.15) is 11.3 Å². The van der Waals surface area contributed by atoms with E-state index >= 15 is 0 Å². The molecule has 0 saturated carbocycles. The molecular weight excluding hydrogens is 274 g/mol. The van der Waals surface area contributed by atoms with Crippen molar-refractivity contribution in [2.24, 2.45) is 0 Å². The molecule has 6 heteroatoms. The Balaban J connectivity index is 2.69. The maximum absolute atomic E-state index is 10.9. The van der Waals surface area contributed by atoms with E-state index in [1.807, 2.05) is 6.92 Å². The van der Waals surface area contributed by atoms with Crippen LogP contribution in [0.1, 0.15) is 56.3 Å². The maximum Gasteiger partial charge on any atom is 0.342 e. The Morgan fingerprint density at radius 1 is 1.38 bits per heavy atom. The first-order chi connectivity index (χ1) is 9.95. The van der Waals surface area contributed by atoms with Crippen LogP contribution in [0, 0.1) is 10.1 Å². The lowest BCUT2D eigenvalue weighted by Crippen LogP contribution is -2.12. The van der Waals surface area contributed by atoms with Crippen LogP contribution >= 0.6 is 0 Å². The molecule has 1 aromatic rings. The zero-order chi connectivity index (χ0) is 15.8. The van der Waals surface area contributed by atoms with Gasteiger partial charge in [0.05, 0.1) is 17.1 Å². The Morgan fingerprint density at radius 2 is 2.10 bits per heavy atom. The molecular formula is C15H21NO5. The van der Waals surface area contributed by atoms with Gasteiger partial charge in [0.15, 0.2) is 0 Å². The number of hydrogen-bond donors (Lipinski definition) is 1. The molecule has 0 bridgehead atoms. The van der Waals surface area contributed by atoms with Gasteiger partial charge in [-0.15, -0.1) is 0 Å². The van der Waals surface area contributed by atoms with Crippen LogP contribution < -0.4 is 4.74 Å². The van der Waals surface area contributed by atoms with Gasteiger partial charge in [-0.05, 0) is 31.9 Å². The fourth-order valence-electron chi connectivity index (χ4n) is 2.07. The van der Waals surface area contributed by atoms with Crippen molar-refractivity contribution in [1.29, 1.82) is 0 Å². The van der Waals surface area contributed by atoms with Crippen LogP contribution in [0.3, 0.4) is 0 Å². The standard InChI is InChI=1S/C15H21NO5/c1-3-4-5-6-7-11(2)21-12-8-9-13(15(17)18)14(10-12)16(19)20/h8-11H,3-7H2,1-2H3,(H,17,18)/t11-/m1/s1. The summed E-state index contributed by atoms with van der Waals surface area (Å²) in [5.41, 5.74) is -0.777. The summed E-state index contributed by atoms with van der Waals surface area (Å²) >= 11 is 0. The highest BCUT2D eigenvalue weighted by molar-refractivity contribution is 5.92. The maximum atomic E-state index is 10.9. The number of nitro benzene ring substituents is 1.